The third-order valence-electron chi connectivity index (χ3n) is 8.93. The van der Waals surface area contributed by atoms with E-state index in [4.69, 9.17) is 0 Å². The average molecular weight is 575 g/mol. The van der Waals surface area contributed by atoms with Gasteiger partial charge in [-0.15, -0.1) is 0 Å². The zero-order valence-corrected chi connectivity index (χ0v) is 24.3. The smallest absolute Gasteiger partial charge is 0.219 e. The first-order chi connectivity index (χ1) is 19.7. The van der Waals surface area contributed by atoms with Gasteiger partial charge in [-0.25, -0.2) is 21.8 Å². The molecule has 0 N–H and O–H groups in total. The molecule has 0 radical (unpaired) electrons. The zero-order chi connectivity index (χ0) is 28.8. The Labute approximate surface area is 240 Å². The van der Waals surface area contributed by atoms with Gasteiger partial charge in [-0.3, -0.25) is 4.79 Å². The van der Waals surface area contributed by atoms with E-state index < -0.39 is 20.7 Å². The first kappa shape index (κ1) is 27.6. The fraction of sp³-hybridized carbons (Fsp3) is 0.375. The topological polar surface area (TPSA) is 75.5 Å². The normalized spacial score (nSPS) is 20.6. The lowest BCUT2D eigenvalue weighted by molar-refractivity contribution is -0.129. The predicted octanol–water partition coefficient (Wildman–Crippen LogP) is 5.00. The number of rotatable bonds is 6. The summed E-state index contributed by atoms with van der Waals surface area (Å²) in [6.07, 6.45) is 4.20. The largest absolute Gasteiger partial charge is 0.343 e. The number of amides is 1. The molecule has 2 aliphatic heterocycles. The Balaban J connectivity index is 1.36. The van der Waals surface area contributed by atoms with Crippen LogP contribution in [0.5, 0.6) is 0 Å². The number of likely N-dealkylation sites (tertiary alicyclic amines) is 1. The second-order valence-electron chi connectivity index (χ2n) is 11.5. The molecule has 3 aromatic carbocycles. The number of carbonyl (C=O) groups is 1. The van der Waals surface area contributed by atoms with E-state index in [0.717, 1.165) is 34.1 Å². The van der Waals surface area contributed by atoms with Crippen molar-refractivity contribution in [1.29, 1.82) is 0 Å². The maximum absolute atomic E-state index is 13.9. The minimum Gasteiger partial charge on any atom is -0.343 e. The third-order valence-corrected chi connectivity index (χ3v) is 11.3. The van der Waals surface area contributed by atoms with E-state index in [1.165, 1.54) is 24.6 Å². The maximum atomic E-state index is 13.9. The van der Waals surface area contributed by atoms with E-state index >= 15 is 0 Å². The molecule has 4 aromatic rings. The lowest BCUT2D eigenvalue weighted by atomic mass is 9.73. The van der Waals surface area contributed by atoms with E-state index in [0.29, 0.717) is 45.4 Å². The van der Waals surface area contributed by atoms with Crippen LogP contribution in [0.25, 0.3) is 16.6 Å². The van der Waals surface area contributed by atoms with E-state index in [9.17, 15) is 17.6 Å². The number of sulfonamides is 1. The molecule has 0 bridgehead atoms. The van der Waals surface area contributed by atoms with Crippen molar-refractivity contribution in [3.05, 3.63) is 95.4 Å². The zero-order valence-electron chi connectivity index (χ0n) is 23.5. The van der Waals surface area contributed by atoms with E-state index in [1.807, 2.05) is 29.1 Å². The summed E-state index contributed by atoms with van der Waals surface area (Å²) in [6, 6.07) is 20.8. The third kappa shape index (κ3) is 5.17. The highest BCUT2D eigenvalue weighted by Gasteiger charge is 2.47. The Morgan fingerprint density at radius 2 is 1.73 bits per heavy atom. The number of fused-ring (bicyclic) bond motifs is 1. The minimum absolute atomic E-state index is 0.00230. The number of aryl methyl sites for hydroxylation is 1. The first-order valence-electron chi connectivity index (χ1n) is 14.2. The van der Waals surface area contributed by atoms with Crippen molar-refractivity contribution < 1.29 is 17.6 Å². The molecule has 9 heteroatoms. The Morgan fingerprint density at radius 3 is 2.41 bits per heavy atom. The molecule has 2 saturated heterocycles. The number of hydrogen-bond donors (Lipinski definition) is 0. The Hall–Kier alpha value is -3.56. The summed E-state index contributed by atoms with van der Waals surface area (Å²) in [5, 5.41) is 5.09. The van der Waals surface area contributed by atoms with Crippen molar-refractivity contribution in [2.75, 3.05) is 26.2 Å². The van der Waals surface area contributed by atoms with Crippen LogP contribution in [0, 0.1) is 12.7 Å². The van der Waals surface area contributed by atoms with E-state index in [1.54, 1.807) is 21.3 Å². The maximum Gasteiger partial charge on any atom is 0.219 e. The van der Waals surface area contributed by atoms with Gasteiger partial charge in [0.2, 0.25) is 15.9 Å². The van der Waals surface area contributed by atoms with E-state index in [-0.39, 0.29) is 11.7 Å². The highest BCUT2D eigenvalue weighted by Crippen LogP contribution is 2.43. The molecule has 0 saturated carbocycles. The lowest BCUT2D eigenvalue weighted by Gasteiger charge is -2.35. The van der Waals surface area contributed by atoms with Gasteiger partial charge in [-0.05, 0) is 85.7 Å². The summed E-state index contributed by atoms with van der Waals surface area (Å²) >= 11 is 0. The van der Waals surface area contributed by atoms with Crippen LogP contribution in [-0.2, 0) is 26.7 Å². The van der Waals surface area contributed by atoms with Crippen LogP contribution in [0.1, 0.15) is 42.9 Å². The van der Waals surface area contributed by atoms with Crippen molar-refractivity contribution in [2.24, 2.45) is 0 Å². The number of hydrogen-bond acceptors (Lipinski definition) is 4. The van der Waals surface area contributed by atoms with Gasteiger partial charge in [-0.2, -0.15) is 5.10 Å². The fourth-order valence-electron chi connectivity index (χ4n) is 6.71. The van der Waals surface area contributed by atoms with Crippen molar-refractivity contribution in [1.82, 2.24) is 19.0 Å². The molecule has 214 valence electrons. The molecule has 2 aliphatic rings. The van der Waals surface area contributed by atoms with Crippen molar-refractivity contribution >= 4 is 26.8 Å². The second-order valence-corrected chi connectivity index (χ2v) is 13.7. The van der Waals surface area contributed by atoms with Crippen LogP contribution in [0.4, 0.5) is 4.39 Å². The second kappa shape index (κ2) is 10.7. The summed E-state index contributed by atoms with van der Waals surface area (Å²) in [5.41, 5.74) is 4.69. The Kier molecular flexibility index (Phi) is 7.20. The summed E-state index contributed by atoms with van der Waals surface area (Å²) in [6.45, 7) is 5.46. The van der Waals surface area contributed by atoms with Crippen LogP contribution in [0.15, 0.2) is 72.9 Å². The standard InChI is InChI=1S/C32H35FN4O3S/c1-23-18-31-26(21-34-37(31)28-10-8-27(33)9-11-28)19-30(23)32(20-25-6-4-3-5-7-25)14-17-36(22-32)41(39,40)29-12-15-35(16-13-29)24(2)38/h3-11,18-19,21,29H,12-17,20,22H2,1-2H3. The summed E-state index contributed by atoms with van der Waals surface area (Å²) in [4.78, 5) is 13.5. The molecule has 7 nitrogen and oxygen atoms in total. The van der Waals surface area contributed by atoms with Crippen LogP contribution >= 0.6 is 0 Å². The van der Waals surface area contributed by atoms with Crippen molar-refractivity contribution in [2.45, 2.75) is 50.2 Å². The van der Waals surface area contributed by atoms with Crippen molar-refractivity contribution in [3.63, 3.8) is 0 Å². The van der Waals surface area contributed by atoms with Crippen LogP contribution in [0.2, 0.25) is 0 Å². The summed E-state index contributed by atoms with van der Waals surface area (Å²) < 4.78 is 44.9. The number of piperidine rings is 1. The molecule has 41 heavy (non-hydrogen) atoms. The molecule has 2 fully saturated rings. The molecule has 6 rings (SSSR count). The quantitative estimate of drug-likeness (QED) is 0.325. The Morgan fingerprint density at radius 1 is 1.02 bits per heavy atom. The molecule has 3 heterocycles. The first-order valence-corrected chi connectivity index (χ1v) is 15.7. The van der Waals surface area contributed by atoms with Crippen LogP contribution in [-0.4, -0.2) is 64.7 Å². The molecule has 1 aromatic heterocycles. The molecular formula is C32H35FN4O3S. The Bertz CT molecular complexity index is 1680. The molecule has 1 atom stereocenters. The highest BCUT2D eigenvalue weighted by molar-refractivity contribution is 7.89. The van der Waals surface area contributed by atoms with E-state index in [2.05, 4.69) is 36.3 Å². The molecule has 1 unspecified atom stereocenters. The number of halogens is 1. The predicted molar refractivity (Wildman–Crippen MR) is 158 cm³/mol. The number of benzene rings is 3. The highest BCUT2D eigenvalue weighted by atomic mass is 32.2. The molecular weight excluding hydrogens is 539 g/mol. The van der Waals surface area contributed by atoms with Gasteiger partial charge >= 0.3 is 0 Å². The molecule has 0 aliphatic carbocycles. The van der Waals surface area contributed by atoms with Crippen LogP contribution < -0.4 is 0 Å². The number of aromatic nitrogens is 2. The molecule has 0 spiro atoms. The van der Waals surface area contributed by atoms with Gasteiger partial charge in [-0.1, -0.05) is 30.3 Å². The van der Waals surface area contributed by atoms with Gasteiger partial charge in [0.1, 0.15) is 5.82 Å². The molecule has 1 amide bonds. The lowest BCUT2D eigenvalue weighted by Crippen LogP contribution is -2.46. The SMILES string of the molecule is CC(=O)N1CCC(S(=O)(=O)N2CCC(Cc3ccccc3)(c3cc4cnn(-c5ccc(F)cc5)c4cc3C)C2)CC1. The number of nitrogens with zero attached hydrogens (tertiary/aromatic N) is 4. The van der Waals surface area contributed by atoms with Gasteiger partial charge in [0.05, 0.1) is 22.7 Å². The summed E-state index contributed by atoms with van der Waals surface area (Å²) in [5.74, 6) is -0.297. The van der Waals surface area contributed by atoms with Crippen LogP contribution in [0.3, 0.4) is 0 Å². The number of carbonyl (C=O) groups excluding carboxylic acids is 1. The van der Waals surface area contributed by atoms with Gasteiger partial charge < -0.3 is 4.90 Å². The summed E-state index contributed by atoms with van der Waals surface area (Å²) in [7, 11) is -3.52. The van der Waals surface area contributed by atoms with Gasteiger partial charge in [0.25, 0.3) is 0 Å². The monoisotopic (exact) mass is 574 g/mol. The van der Waals surface area contributed by atoms with Crippen molar-refractivity contribution in [3.8, 4) is 5.69 Å². The van der Waals surface area contributed by atoms with Gasteiger partial charge in [0, 0.05) is 43.9 Å². The van der Waals surface area contributed by atoms with Gasteiger partial charge in [0.15, 0.2) is 0 Å². The fourth-order valence-corrected chi connectivity index (χ4v) is 8.72. The average Bonchev–Trinajstić information content (AvgIpc) is 3.59. The minimum atomic E-state index is -3.52.